The molecule has 2 rings (SSSR count). The second-order valence-electron chi connectivity index (χ2n) is 4.54. The van der Waals surface area contributed by atoms with Gasteiger partial charge in [0.2, 0.25) is 0 Å². The minimum Gasteiger partial charge on any atom is -0.312 e. The van der Waals surface area contributed by atoms with Gasteiger partial charge in [-0.15, -0.1) is 0 Å². The molecule has 1 aliphatic rings. The molecule has 0 saturated heterocycles. The maximum atomic E-state index is 11.7. The fourth-order valence-corrected chi connectivity index (χ4v) is 2.12. The first-order valence-corrected chi connectivity index (χ1v) is 6.43. The van der Waals surface area contributed by atoms with Crippen molar-refractivity contribution in [1.29, 1.82) is 0 Å². The maximum absolute atomic E-state index is 11.7. The lowest BCUT2D eigenvalue weighted by Crippen LogP contribution is -2.29. The molecule has 0 unspecified atom stereocenters. The molecule has 1 aliphatic carbocycles. The minimum atomic E-state index is -0.391. The van der Waals surface area contributed by atoms with Crippen molar-refractivity contribution in [3.63, 3.8) is 0 Å². The first-order valence-electron chi connectivity index (χ1n) is 6.43. The number of carbonyl (C=O) groups is 2. The lowest BCUT2D eigenvalue weighted by atomic mass is 10.1. The van der Waals surface area contributed by atoms with Crippen LogP contribution in [0.15, 0.2) is 30.3 Å². The highest BCUT2D eigenvalue weighted by atomic mass is 17.0. The van der Waals surface area contributed by atoms with E-state index in [1.165, 1.54) is 0 Å². The molecule has 1 saturated carbocycles. The van der Waals surface area contributed by atoms with Crippen molar-refractivity contribution in [2.75, 3.05) is 0 Å². The summed E-state index contributed by atoms with van der Waals surface area (Å²) in [6, 6.07) is 9.35. The van der Waals surface area contributed by atoms with Crippen LogP contribution >= 0.6 is 0 Å². The molecule has 0 aromatic heterocycles. The molecule has 5 heteroatoms. The highest BCUT2D eigenvalue weighted by Gasteiger charge is 2.26. The summed E-state index contributed by atoms with van der Waals surface area (Å²) in [5.74, 6) is -0.500. The Balaban J connectivity index is 1.79. The Bertz CT molecular complexity index is 415. The predicted octanol–water partition coefficient (Wildman–Crippen LogP) is 2.22. The van der Waals surface area contributed by atoms with E-state index in [9.17, 15) is 9.59 Å². The first-order chi connectivity index (χ1) is 9.29. The Labute approximate surface area is 112 Å². The molecule has 0 bridgehead atoms. The Kier molecular flexibility index (Phi) is 4.92. The summed E-state index contributed by atoms with van der Waals surface area (Å²) in [5, 5.41) is 0.605. The van der Waals surface area contributed by atoms with E-state index in [1.807, 2.05) is 30.3 Å². The Morgan fingerprint density at radius 2 is 1.95 bits per heavy atom. The van der Waals surface area contributed by atoms with Crippen LogP contribution in [-0.2, 0) is 25.9 Å². The van der Waals surface area contributed by atoms with Gasteiger partial charge in [0.05, 0.1) is 5.92 Å². The fourth-order valence-electron chi connectivity index (χ4n) is 2.12. The molecule has 0 N–H and O–H groups in total. The van der Waals surface area contributed by atoms with E-state index in [2.05, 4.69) is 0 Å². The van der Waals surface area contributed by atoms with Crippen LogP contribution in [0.2, 0.25) is 0 Å². The summed E-state index contributed by atoms with van der Waals surface area (Å²) in [4.78, 5) is 32.6. The Morgan fingerprint density at radius 1 is 1.26 bits per heavy atom. The first kappa shape index (κ1) is 13.5. The van der Waals surface area contributed by atoms with E-state index < -0.39 is 5.97 Å². The van der Waals surface area contributed by atoms with Crippen LogP contribution < -0.4 is 0 Å². The normalized spacial score (nSPS) is 15.2. The fraction of sp³-hybridized carbons (Fsp3) is 0.429. The summed E-state index contributed by atoms with van der Waals surface area (Å²) < 4.78 is 0. The van der Waals surface area contributed by atoms with Gasteiger partial charge in [0.1, 0.15) is 6.61 Å². The van der Waals surface area contributed by atoms with Gasteiger partial charge in [-0.3, -0.25) is 4.79 Å². The molecular formula is C14H17NO4. The summed E-state index contributed by atoms with van der Waals surface area (Å²) >= 11 is 0. The third kappa shape index (κ3) is 4.06. The topological polar surface area (TPSA) is 55.8 Å². The van der Waals surface area contributed by atoms with Gasteiger partial charge in [0, 0.05) is 0 Å². The summed E-state index contributed by atoms with van der Waals surface area (Å²) in [7, 11) is 0. The minimum absolute atomic E-state index is 0.109. The van der Waals surface area contributed by atoms with Gasteiger partial charge in [0.25, 0.3) is 6.41 Å². The molecule has 1 aromatic rings. The zero-order valence-corrected chi connectivity index (χ0v) is 10.7. The van der Waals surface area contributed by atoms with Crippen LogP contribution in [0.4, 0.5) is 0 Å². The molecular weight excluding hydrogens is 246 g/mol. The molecule has 1 amide bonds. The average Bonchev–Trinajstić information content (AvgIpc) is 2.98. The van der Waals surface area contributed by atoms with Crippen LogP contribution in [0, 0.1) is 5.92 Å². The number of amides is 1. The van der Waals surface area contributed by atoms with E-state index in [1.54, 1.807) is 0 Å². The standard InChI is InChI=1S/C14H17NO4/c16-11-15(18-10-12-6-2-1-3-7-12)19-14(17)13-8-4-5-9-13/h1-3,6-7,11,13H,4-5,8-10H2. The number of rotatable bonds is 6. The van der Waals surface area contributed by atoms with Gasteiger partial charge in [-0.25, -0.2) is 9.63 Å². The van der Waals surface area contributed by atoms with Crippen LogP contribution in [0.25, 0.3) is 0 Å². The monoisotopic (exact) mass is 263 g/mol. The summed E-state index contributed by atoms with van der Waals surface area (Å²) in [6.45, 7) is 0.178. The van der Waals surface area contributed by atoms with E-state index in [0.29, 0.717) is 11.6 Å². The van der Waals surface area contributed by atoms with Gasteiger partial charge in [-0.05, 0) is 23.6 Å². The molecule has 0 atom stereocenters. The van der Waals surface area contributed by atoms with Crippen molar-refractivity contribution in [3.8, 4) is 0 Å². The van der Waals surface area contributed by atoms with Crippen molar-refractivity contribution in [3.05, 3.63) is 35.9 Å². The van der Waals surface area contributed by atoms with E-state index in [0.717, 1.165) is 31.2 Å². The zero-order valence-electron chi connectivity index (χ0n) is 10.7. The third-order valence-electron chi connectivity index (χ3n) is 3.16. The SMILES string of the molecule is O=CN(OCc1ccccc1)OC(=O)C1CCCC1. The largest absolute Gasteiger partial charge is 0.338 e. The summed E-state index contributed by atoms with van der Waals surface area (Å²) in [6.07, 6.45) is 4.07. The van der Waals surface area contributed by atoms with Crippen molar-refractivity contribution >= 4 is 12.4 Å². The molecule has 0 aliphatic heterocycles. The van der Waals surface area contributed by atoms with Crippen LogP contribution in [0.3, 0.4) is 0 Å². The highest BCUT2D eigenvalue weighted by molar-refractivity contribution is 5.73. The number of benzene rings is 1. The maximum Gasteiger partial charge on any atom is 0.338 e. The van der Waals surface area contributed by atoms with E-state index >= 15 is 0 Å². The van der Waals surface area contributed by atoms with Crippen molar-refractivity contribution in [2.24, 2.45) is 5.92 Å². The second-order valence-corrected chi connectivity index (χ2v) is 4.54. The van der Waals surface area contributed by atoms with Crippen molar-refractivity contribution < 1.29 is 19.3 Å². The van der Waals surface area contributed by atoms with Gasteiger partial charge >= 0.3 is 5.97 Å². The van der Waals surface area contributed by atoms with Gasteiger partial charge in [-0.2, -0.15) is 0 Å². The smallest absolute Gasteiger partial charge is 0.312 e. The van der Waals surface area contributed by atoms with Crippen LogP contribution in [0.5, 0.6) is 0 Å². The molecule has 5 nitrogen and oxygen atoms in total. The lowest BCUT2D eigenvalue weighted by Gasteiger charge is -2.17. The van der Waals surface area contributed by atoms with Gasteiger partial charge in [-0.1, -0.05) is 43.2 Å². The number of hydroxylamine groups is 2. The predicted molar refractivity (Wildman–Crippen MR) is 67.2 cm³/mol. The van der Waals surface area contributed by atoms with E-state index in [4.69, 9.17) is 9.68 Å². The highest BCUT2D eigenvalue weighted by Crippen LogP contribution is 2.25. The molecule has 0 heterocycles. The quantitative estimate of drug-likeness (QED) is 0.583. The number of hydrogen-bond acceptors (Lipinski definition) is 4. The average molecular weight is 263 g/mol. The molecule has 0 spiro atoms. The molecule has 19 heavy (non-hydrogen) atoms. The van der Waals surface area contributed by atoms with Crippen LogP contribution in [-0.4, -0.2) is 17.6 Å². The third-order valence-corrected chi connectivity index (χ3v) is 3.16. The van der Waals surface area contributed by atoms with E-state index in [-0.39, 0.29) is 12.5 Å². The number of nitrogens with zero attached hydrogens (tertiary/aromatic N) is 1. The Morgan fingerprint density at radius 3 is 2.58 bits per heavy atom. The summed E-state index contributed by atoms with van der Waals surface area (Å²) in [5.41, 5.74) is 0.895. The molecule has 1 aromatic carbocycles. The second kappa shape index (κ2) is 6.89. The Hall–Kier alpha value is -1.88. The number of carbonyl (C=O) groups excluding carboxylic acids is 2. The van der Waals surface area contributed by atoms with Gasteiger partial charge in [0.15, 0.2) is 0 Å². The number of hydrogen-bond donors (Lipinski definition) is 0. The molecule has 1 fully saturated rings. The molecule has 0 radical (unpaired) electrons. The lowest BCUT2D eigenvalue weighted by molar-refractivity contribution is -0.322. The van der Waals surface area contributed by atoms with Crippen LogP contribution in [0.1, 0.15) is 31.2 Å². The van der Waals surface area contributed by atoms with Crippen molar-refractivity contribution in [2.45, 2.75) is 32.3 Å². The zero-order chi connectivity index (χ0) is 13.5. The van der Waals surface area contributed by atoms with Crippen molar-refractivity contribution in [1.82, 2.24) is 5.23 Å². The molecule has 102 valence electrons. The van der Waals surface area contributed by atoms with Gasteiger partial charge < -0.3 is 4.84 Å².